The van der Waals surface area contributed by atoms with E-state index in [1.807, 2.05) is 95.8 Å². The number of anilines is 1. The lowest BCUT2D eigenvalue weighted by Gasteiger charge is -2.25. The molecule has 5 rings (SSSR count). The van der Waals surface area contributed by atoms with E-state index in [0.29, 0.717) is 6.54 Å². The average molecular weight is 469 g/mol. The molecular formula is C27H24N4O2S. The van der Waals surface area contributed by atoms with E-state index in [-0.39, 0.29) is 18.2 Å². The first-order valence-corrected chi connectivity index (χ1v) is 12.0. The van der Waals surface area contributed by atoms with Gasteiger partial charge in [-0.1, -0.05) is 60.7 Å². The van der Waals surface area contributed by atoms with Crippen LogP contribution in [0.3, 0.4) is 0 Å². The first-order chi connectivity index (χ1) is 16.6. The van der Waals surface area contributed by atoms with E-state index in [1.54, 1.807) is 11.9 Å². The third-order valence-corrected chi connectivity index (χ3v) is 7.03. The summed E-state index contributed by atoms with van der Waals surface area (Å²) < 4.78 is 1.84. The Morgan fingerprint density at radius 2 is 1.68 bits per heavy atom. The van der Waals surface area contributed by atoms with Gasteiger partial charge in [0.2, 0.25) is 11.8 Å². The zero-order valence-electron chi connectivity index (χ0n) is 18.7. The van der Waals surface area contributed by atoms with Gasteiger partial charge >= 0.3 is 0 Å². The summed E-state index contributed by atoms with van der Waals surface area (Å²) in [7, 11) is 1.77. The molecule has 1 aliphatic rings. The number of nitrogens with one attached hydrogen (secondary N) is 1. The quantitative estimate of drug-likeness (QED) is 0.432. The van der Waals surface area contributed by atoms with Gasteiger partial charge in [-0.3, -0.25) is 9.59 Å². The van der Waals surface area contributed by atoms with Crippen LogP contribution in [0.1, 0.15) is 12.0 Å². The summed E-state index contributed by atoms with van der Waals surface area (Å²) in [4.78, 5) is 28.3. The summed E-state index contributed by atoms with van der Waals surface area (Å²) >= 11 is 1.44. The Labute approximate surface area is 202 Å². The molecule has 1 atom stereocenters. The van der Waals surface area contributed by atoms with Crippen LogP contribution >= 0.6 is 11.8 Å². The molecule has 0 bridgehead atoms. The van der Waals surface area contributed by atoms with Gasteiger partial charge in [-0.25, -0.2) is 4.68 Å². The van der Waals surface area contributed by atoms with Crippen molar-refractivity contribution in [3.63, 3.8) is 0 Å². The average Bonchev–Trinajstić information content (AvgIpc) is 3.29. The van der Waals surface area contributed by atoms with Gasteiger partial charge in [-0.15, -0.1) is 11.8 Å². The molecule has 0 radical (unpaired) electrons. The first-order valence-electron chi connectivity index (χ1n) is 11.1. The van der Waals surface area contributed by atoms with E-state index in [1.165, 1.54) is 11.8 Å². The normalized spacial score (nSPS) is 14.9. The lowest BCUT2D eigenvalue weighted by atomic mass is 10.1. The number of rotatable bonds is 6. The minimum Gasteiger partial charge on any atom is -0.341 e. The lowest BCUT2D eigenvalue weighted by Crippen LogP contribution is -2.35. The van der Waals surface area contributed by atoms with Crippen LogP contribution in [0.15, 0.2) is 96.0 Å². The Bertz CT molecular complexity index is 1320. The van der Waals surface area contributed by atoms with Crippen molar-refractivity contribution in [1.29, 1.82) is 0 Å². The van der Waals surface area contributed by atoms with Crippen molar-refractivity contribution < 1.29 is 9.59 Å². The molecule has 0 spiro atoms. The molecule has 2 amide bonds. The molecule has 0 saturated heterocycles. The SMILES string of the molecule is CN(Cc1cn(-c2ccccc2)nc1-c1ccccc1)C(=O)C[C@@H]1Sc2ccccc2NC1=O. The largest absolute Gasteiger partial charge is 0.341 e. The molecule has 2 heterocycles. The van der Waals surface area contributed by atoms with Crippen LogP contribution in [0.25, 0.3) is 16.9 Å². The van der Waals surface area contributed by atoms with Crippen molar-refractivity contribution in [2.45, 2.75) is 23.1 Å². The van der Waals surface area contributed by atoms with Gasteiger partial charge in [0.15, 0.2) is 0 Å². The summed E-state index contributed by atoms with van der Waals surface area (Å²) in [5.41, 5.74) is 4.52. The molecule has 0 fully saturated rings. The molecule has 4 aromatic rings. The molecule has 6 nitrogen and oxygen atoms in total. The highest BCUT2D eigenvalue weighted by molar-refractivity contribution is 8.01. The number of benzene rings is 3. The third-order valence-electron chi connectivity index (χ3n) is 5.76. The van der Waals surface area contributed by atoms with E-state index >= 15 is 0 Å². The van der Waals surface area contributed by atoms with Crippen molar-refractivity contribution in [2.24, 2.45) is 0 Å². The molecule has 170 valence electrons. The van der Waals surface area contributed by atoms with Gasteiger partial charge < -0.3 is 10.2 Å². The van der Waals surface area contributed by atoms with Gasteiger partial charge in [0.1, 0.15) is 0 Å². The van der Waals surface area contributed by atoms with Crippen molar-refractivity contribution in [2.75, 3.05) is 12.4 Å². The highest BCUT2D eigenvalue weighted by Gasteiger charge is 2.30. The second kappa shape index (κ2) is 9.57. The molecule has 0 saturated carbocycles. The Morgan fingerprint density at radius 1 is 1.00 bits per heavy atom. The Kier molecular flexibility index (Phi) is 6.18. The van der Waals surface area contributed by atoms with Crippen LogP contribution in [0.2, 0.25) is 0 Å². The lowest BCUT2D eigenvalue weighted by molar-refractivity contribution is -0.131. The van der Waals surface area contributed by atoms with Crippen LogP contribution in [0, 0.1) is 0 Å². The Hall–Kier alpha value is -3.84. The number of carbonyl (C=O) groups excluding carboxylic acids is 2. The predicted molar refractivity (Wildman–Crippen MR) is 135 cm³/mol. The second-order valence-corrected chi connectivity index (χ2v) is 9.44. The van der Waals surface area contributed by atoms with Crippen molar-refractivity contribution in [1.82, 2.24) is 14.7 Å². The summed E-state index contributed by atoms with van der Waals surface area (Å²) in [6, 6.07) is 27.5. The van der Waals surface area contributed by atoms with E-state index < -0.39 is 5.25 Å². The van der Waals surface area contributed by atoms with Crippen LogP contribution in [-0.4, -0.2) is 38.8 Å². The Morgan fingerprint density at radius 3 is 2.44 bits per heavy atom. The minimum absolute atomic E-state index is 0.0847. The molecule has 34 heavy (non-hydrogen) atoms. The fourth-order valence-electron chi connectivity index (χ4n) is 3.96. The van der Waals surface area contributed by atoms with Gasteiger partial charge in [0.25, 0.3) is 0 Å². The van der Waals surface area contributed by atoms with Gasteiger partial charge in [-0.05, 0) is 24.3 Å². The molecule has 1 aromatic heterocycles. The number of nitrogens with zero attached hydrogens (tertiary/aromatic N) is 3. The maximum Gasteiger partial charge on any atom is 0.238 e. The van der Waals surface area contributed by atoms with Gasteiger partial charge in [0, 0.05) is 42.2 Å². The smallest absolute Gasteiger partial charge is 0.238 e. The topological polar surface area (TPSA) is 67.2 Å². The molecular weight excluding hydrogens is 444 g/mol. The monoisotopic (exact) mass is 468 g/mol. The molecule has 1 aliphatic heterocycles. The number of hydrogen-bond donors (Lipinski definition) is 1. The van der Waals surface area contributed by atoms with Crippen molar-refractivity contribution in [3.8, 4) is 16.9 Å². The standard InChI is InChI=1S/C27H24N4O2S/c1-30(25(32)16-24-27(33)28-22-14-8-9-15-23(22)34-24)17-20-18-31(21-12-6-3-7-13-21)29-26(20)19-10-4-2-5-11-19/h2-15,18,24H,16-17H2,1H3,(H,28,33)/t24-/m0/s1. The maximum atomic E-state index is 13.1. The third kappa shape index (κ3) is 4.61. The fourth-order valence-corrected chi connectivity index (χ4v) is 5.06. The number of aromatic nitrogens is 2. The molecule has 0 unspecified atom stereocenters. The van der Waals surface area contributed by atoms with Crippen LogP contribution in [-0.2, 0) is 16.1 Å². The fraction of sp³-hybridized carbons (Fsp3) is 0.148. The second-order valence-electron chi connectivity index (χ2n) is 8.19. The molecule has 7 heteroatoms. The summed E-state index contributed by atoms with van der Waals surface area (Å²) in [5.74, 6) is -0.217. The van der Waals surface area contributed by atoms with E-state index in [2.05, 4.69) is 5.32 Å². The number of thioether (sulfide) groups is 1. The Balaban J connectivity index is 1.35. The zero-order chi connectivity index (χ0) is 23.5. The van der Waals surface area contributed by atoms with Crippen LogP contribution < -0.4 is 5.32 Å². The van der Waals surface area contributed by atoms with E-state index in [9.17, 15) is 9.59 Å². The maximum absolute atomic E-state index is 13.1. The van der Waals surface area contributed by atoms with Crippen molar-refractivity contribution in [3.05, 3.63) is 96.7 Å². The molecule has 1 N–H and O–H groups in total. The number of amides is 2. The summed E-state index contributed by atoms with van der Waals surface area (Å²) in [5, 5.41) is 7.29. The summed E-state index contributed by atoms with van der Waals surface area (Å²) in [6.07, 6.45) is 2.11. The van der Waals surface area contributed by atoms with E-state index in [0.717, 1.165) is 33.1 Å². The molecule has 0 aliphatic carbocycles. The minimum atomic E-state index is -0.453. The van der Waals surface area contributed by atoms with Gasteiger partial charge in [-0.2, -0.15) is 5.10 Å². The molecule has 3 aromatic carbocycles. The van der Waals surface area contributed by atoms with Crippen molar-refractivity contribution >= 4 is 29.3 Å². The number of carbonyl (C=O) groups is 2. The number of fused-ring (bicyclic) bond motifs is 1. The zero-order valence-corrected chi connectivity index (χ0v) is 19.5. The van der Waals surface area contributed by atoms with E-state index in [4.69, 9.17) is 5.10 Å². The van der Waals surface area contributed by atoms with Gasteiger partial charge in [0.05, 0.1) is 22.3 Å². The van der Waals surface area contributed by atoms with Crippen LogP contribution in [0.4, 0.5) is 5.69 Å². The van der Waals surface area contributed by atoms with Crippen LogP contribution in [0.5, 0.6) is 0 Å². The first kappa shape index (κ1) is 22.0. The predicted octanol–water partition coefficient (Wildman–Crippen LogP) is 5.00. The summed E-state index contributed by atoms with van der Waals surface area (Å²) in [6.45, 7) is 0.394. The number of para-hydroxylation sites is 2. The highest BCUT2D eigenvalue weighted by Crippen LogP contribution is 2.37. The highest BCUT2D eigenvalue weighted by atomic mass is 32.2. The number of hydrogen-bond acceptors (Lipinski definition) is 4.